The minimum atomic E-state index is 0. The Balaban J connectivity index is 0.00000180. The van der Waals surface area contributed by atoms with Gasteiger partial charge in [-0.3, -0.25) is 4.79 Å². The topological polar surface area (TPSA) is 62.5 Å². The van der Waals surface area contributed by atoms with Gasteiger partial charge in [0, 0.05) is 18.6 Å². The third-order valence-corrected chi connectivity index (χ3v) is 2.78. The van der Waals surface area contributed by atoms with E-state index in [1.54, 1.807) is 6.20 Å². The summed E-state index contributed by atoms with van der Waals surface area (Å²) in [6.45, 7) is 0.754. The zero-order chi connectivity index (χ0) is 12.6. The highest BCUT2D eigenvalue weighted by Gasteiger charge is 2.06. The smallest absolute Gasteiger partial charge is 0.168 e. The van der Waals surface area contributed by atoms with Gasteiger partial charge in [0.1, 0.15) is 5.78 Å². The molecule has 0 radical (unpaired) electrons. The number of nitrogens with one attached hydrogen (secondary N) is 1. The van der Waals surface area contributed by atoms with Gasteiger partial charge < -0.3 is 17.0 Å². The molecule has 0 aromatic carbocycles. The standard InChI is InChI=1S/C13H17N4O.BrH/c18-13(6-4-5-12-11-14-16-15-12)7-10-17-8-2-1-3-9-17;/h1-3,8-9,11H,4-7,10H2,(H,14,15,16);1H/q+1;/p-1. The first-order chi connectivity index (χ1) is 8.84. The highest BCUT2D eigenvalue weighted by Crippen LogP contribution is 2.01. The summed E-state index contributed by atoms with van der Waals surface area (Å²) in [5.74, 6) is 0.301. The number of hydrogen-bond acceptors (Lipinski definition) is 3. The molecule has 0 aliphatic carbocycles. The van der Waals surface area contributed by atoms with Crippen molar-refractivity contribution in [2.24, 2.45) is 0 Å². The monoisotopic (exact) mass is 324 g/mol. The Morgan fingerprint density at radius 1 is 1.21 bits per heavy atom. The zero-order valence-corrected chi connectivity index (χ0v) is 12.2. The van der Waals surface area contributed by atoms with Gasteiger partial charge in [-0.25, -0.2) is 4.57 Å². The minimum absolute atomic E-state index is 0. The molecule has 0 spiro atoms. The number of aryl methyl sites for hydroxylation is 2. The lowest BCUT2D eigenvalue weighted by molar-refractivity contribution is -0.695. The summed E-state index contributed by atoms with van der Waals surface area (Å²) in [4.78, 5) is 11.7. The number of aromatic amines is 1. The van der Waals surface area contributed by atoms with Crippen molar-refractivity contribution in [3.63, 3.8) is 0 Å². The molecule has 102 valence electrons. The Kier molecular flexibility index (Phi) is 6.95. The molecule has 6 heteroatoms. The van der Waals surface area contributed by atoms with E-state index in [1.807, 2.05) is 35.2 Å². The Bertz CT molecular complexity index is 473. The Labute approximate surface area is 122 Å². The molecule has 2 aromatic rings. The van der Waals surface area contributed by atoms with Gasteiger partial charge in [-0.2, -0.15) is 15.4 Å². The maximum absolute atomic E-state index is 11.7. The van der Waals surface area contributed by atoms with E-state index >= 15 is 0 Å². The molecule has 1 N–H and O–H groups in total. The third kappa shape index (κ3) is 5.74. The average molecular weight is 325 g/mol. The van der Waals surface area contributed by atoms with Crippen molar-refractivity contribution in [2.75, 3.05) is 0 Å². The van der Waals surface area contributed by atoms with Crippen LogP contribution in [0.3, 0.4) is 0 Å². The second kappa shape index (κ2) is 8.53. The largest absolute Gasteiger partial charge is 1.00 e. The summed E-state index contributed by atoms with van der Waals surface area (Å²) < 4.78 is 2.02. The van der Waals surface area contributed by atoms with Crippen LogP contribution >= 0.6 is 0 Å². The van der Waals surface area contributed by atoms with Gasteiger partial charge in [0.15, 0.2) is 18.9 Å². The zero-order valence-electron chi connectivity index (χ0n) is 10.6. The number of carbonyl (C=O) groups excluding carboxylic acids is 1. The van der Waals surface area contributed by atoms with E-state index in [1.165, 1.54) is 0 Å². The van der Waals surface area contributed by atoms with Crippen LogP contribution < -0.4 is 21.5 Å². The van der Waals surface area contributed by atoms with Gasteiger partial charge in [-0.1, -0.05) is 6.07 Å². The number of ketones is 1. The van der Waals surface area contributed by atoms with Crippen LogP contribution in [0.15, 0.2) is 36.8 Å². The first kappa shape index (κ1) is 15.5. The summed E-state index contributed by atoms with van der Waals surface area (Å²) in [6.07, 6.45) is 8.49. The van der Waals surface area contributed by atoms with Gasteiger partial charge in [-0.15, -0.1) is 0 Å². The number of rotatable bonds is 7. The molecule has 0 unspecified atom stereocenters. The molecule has 0 atom stereocenters. The van der Waals surface area contributed by atoms with Crippen molar-refractivity contribution in [1.82, 2.24) is 15.4 Å². The molecule has 0 bridgehead atoms. The molecule has 0 amide bonds. The van der Waals surface area contributed by atoms with E-state index < -0.39 is 0 Å². The number of H-pyrrole nitrogens is 1. The highest BCUT2D eigenvalue weighted by molar-refractivity contribution is 5.78. The molecule has 2 aromatic heterocycles. The summed E-state index contributed by atoms with van der Waals surface area (Å²) in [6, 6.07) is 5.90. The maximum Gasteiger partial charge on any atom is 0.168 e. The fourth-order valence-electron chi connectivity index (χ4n) is 1.77. The second-order valence-corrected chi connectivity index (χ2v) is 4.22. The van der Waals surface area contributed by atoms with Gasteiger partial charge in [0.2, 0.25) is 0 Å². The van der Waals surface area contributed by atoms with Crippen molar-refractivity contribution in [1.29, 1.82) is 0 Å². The van der Waals surface area contributed by atoms with Crippen LogP contribution in [0.2, 0.25) is 0 Å². The minimum Gasteiger partial charge on any atom is -1.00 e. The SMILES string of the molecule is O=C(CCCc1cn[nH]n1)CC[n+]1ccccc1.[Br-]. The van der Waals surface area contributed by atoms with Crippen LogP contribution in [0.1, 0.15) is 25.0 Å². The van der Waals surface area contributed by atoms with E-state index in [-0.39, 0.29) is 17.0 Å². The molecule has 0 aliphatic heterocycles. The van der Waals surface area contributed by atoms with E-state index in [2.05, 4.69) is 15.4 Å². The predicted molar refractivity (Wildman–Crippen MR) is 65.6 cm³/mol. The molecule has 5 nitrogen and oxygen atoms in total. The third-order valence-electron chi connectivity index (χ3n) is 2.78. The van der Waals surface area contributed by atoms with Crippen molar-refractivity contribution in [2.45, 2.75) is 32.2 Å². The first-order valence-electron chi connectivity index (χ1n) is 6.15. The number of halogens is 1. The normalized spacial score (nSPS) is 9.89. The van der Waals surface area contributed by atoms with E-state index in [0.29, 0.717) is 18.6 Å². The summed E-state index contributed by atoms with van der Waals surface area (Å²) in [5.41, 5.74) is 0.917. The first-order valence-corrected chi connectivity index (χ1v) is 6.15. The number of pyridine rings is 1. The molecule has 0 saturated carbocycles. The van der Waals surface area contributed by atoms with Crippen molar-refractivity contribution in [3.05, 3.63) is 42.5 Å². The van der Waals surface area contributed by atoms with Gasteiger partial charge in [0.25, 0.3) is 0 Å². The van der Waals surface area contributed by atoms with Crippen LogP contribution in [-0.4, -0.2) is 21.2 Å². The highest BCUT2D eigenvalue weighted by atomic mass is 79.9. The number of nitrogens with zero attached hydrogens (tertiary/aromatic N) is 3. The Morgan fingerprint density at radius 2 is 2.00 bits per heavy atom. The number of hydrogen-bond donors (Lipinski definition) is 1. The van der Waals surface area contributed by atoms with Crippen LogP contribution in [0.25, 0.3) is 0 Å². The van der Waals surface area contributed by atoms with Crippen LogP contribution in [-0.2, 0) is 17.8 Å². The Hall–Kier alpha value is -1.56. The van der Waals surface area contributed by atoms with Crippen LogP contribution in [0, 0.1) is 0 Å². The second-order valence-electron chi connectivity index (χ2n) is 4.22. The van der Waals surface area contributed by atoms with Crippen molar-refractivity contribution in [3.8, 4) is 0 Å². The Morgan fingerprint density at radius 3 is 2.68 bits per heavy atom. The lowest BCUT2D eigenvalue weighted by Gasteiger charge is -1.98. The molecular formula is C13H17BrN4O. The number of aromatic nitrogens is 4. The lowest BCUT2D eigenvalue weighted by atomic mass is 10.1. The molecule has 0 fully saturated rings. The lowest BCUT2D eigenvalue weighted by Crippen LogP contribution is -3.00. The van der Waals surface area contributed by atoms with Gasteiger partial charge in [0.05, 0.1) is 18.3 Å². The maximum atomic E-state index is 11.7. The number of Topliss-reactive ketones (excluding diaryl/α,β-unsaturated/α-hetero) is 1. The van der Waals surface area contributed by atoms with Crippen molar-refractivity contribution >= 4 is 5.78 Å². The van der Waals surface area contributed by atoms with Crippen molar-refractivity contribution < 1.29 is 26.3 Å². The summed E-state index contributed by atoms with van der Waals surface area (Å²) in [5, 5.41) is 10.3. The quantitative estimate of drug-likeness (QED) is 0.604. The fourth-order valence-corrected chi connectivity index (χ4v) is 1.77. The molecule has 0 saturated heterocycles. The van der Waals surface area contributed by atoms with Crippen LogP contribution in [0.5, 0.6) is 0 Å². The molecule has 0 aliphatic rings. The predicted octanol–water partition coefficient (Wildman–Crippen LogP) is -1.92. The molecular weight excluding hydrogens is 308 g/mol. The van der Waals surface area contributed by atoms with Gasteiger partial charge >= 0.3 is 0 Å². The van der Waals surface area contributed by atoms with Crippen LogP contribution in [0.4, 0.5) is 0 Å². The molecule has 19 heavy (non-hydrogen) atoms. The molecule has 2 heterocycles. The van der Waals surface area contributed by atoms with E-state index in [0.717, 1.165) is 25.1 Å². The fraction of sp³-hybridized carbons (Fsp3) is 0.385. The summed E-state index contributed by atoms with van der Waals surface area (Å²) >= 11 is 0. The van der Waals surface area contributed by atoms with E-state index in [4.69, 9.17) is 0 Å². The van der Waals surface area contributed by atoms with E-state index in [9.17, 15) is 4.79 Å². The average Bonchev–Trinajstić information content (AvgIpc) is 2.91. The molecule has 2 rings (SSSR count). The number of carbonyl (C=O) groups is 1. The summed E-state index contributed by atoms with van der Waals surface area (Å²) in [7, 11) is 0. The van der Waals surface area contributed by atoms with Gasteiger partial charge in [-0.05, 0) is 12.8 Å².